The molecular weight excluding hydrogens is 382 g/mol. The Morgan fingerprint density at radius 3 is 2.43 bits per heavy atom. The van der Waals surface area contributed by atoms with Crippen molar-refractivity contribution in [3.05, 3.63) is 72.3 Å². The van der Waals surface area contributed by atoms with E-state index in [1.807, 2.05) is 31.2 Å². The van der Waals surface area contributed by atoms with Crippen molar-refractivity contribution >= 4 is 29.0 Å². The van der Waals surface area contributed by atoms with Gasteiger partial charge in [-0.25, -0.2) is 4.79 Å². The maximum absolute atomic E-state index is 12.9. The highest BCUT2D eigenvalue weighted by molar-refractivity contribution is 6.10. The Morgan fingerprint density at radius 1 is 0.967 bits per heavy atom. The smallest absolute Gasteiger partial charge is 0.323 e. The molecule has 3 amide bonds. The predicted octanol–water partition coefficient (Wildman–Crippen LogP) is 5.11. The minimum Gasteiger partial charge on any atom is -0.494 e. The molecule has 4 rings (SSSR count). The van der Waals surface area contributed by atoms with Gasteiger partial charge in [0.2, 0.25) is 0 Å². The molecule has 0 aromatic heterocycles. The van der Waals surface area contributed by atoms with Crippen LogP contribution in [-0.4, -0.2) is 25.6 Å². The number of carbonyl (C=O) groups is 2. The molecule has 0 saturated carbocycles. The maximum atomic E-state index is 12.9. The lowest BCUT2D eigenvalue weighted by molar-refractivity contribution is 0.0993. The summed E-state index contributed by atoms with van der Waals surface area (Å²) < 4.78 is 11.3. The summed E-state index contributed by atoms with van der Waals surface area (Å²) >= 11 is 0. The number of nitrogens with zero attached hydrogens (tertiary/aromatic N) is 1. The van der Waals surface area contributed by atoms with E-state index in [1.165, 1.54) is 4.90 Å². The van der Waals surface area contributed by atoms with Gasteiger partial charge in [-0.1, -0.05) is 12.1 Å². The Balaban J connectivity index is 1.50. The van der Waals surface area contributed by atoms with Crippen LogP contribution in [0.5, 0.6) is 17.2 Å². The SMILES string of the molecule is CCOc1ccc(NC(=O)Nc2ccc3c(c2)C(=O)N(C)c2ccccc2O3)cc1. The van der Waals surface area contributed by atoms with Crippen molar-refractivity contribution in [2.45, 2.75) is 6.92 Å². The van der Waals surface area contributed by atoms with Crippen molar-refractivity contribution in [1.29, 1.82) is 0 Å². The van der Waals surface area contributed by atoms with Crippen molar-refractivity contribution < 1.29 is 19.1 Å². The van der Waals surface area contributed by atoms with E-state index in [1.54, 1.807) is 49.5 Å². The minimum atomic E-state index is -0.419. The van der Waals surface area contributed by atoms with Crippen molar-refractivity contribution in [3.8, 4) is 17.2 Å². The van der Waals surface area contributed by atoms with Crippen LogP contribution in [0.4, 0.5) is 21.9 Å². The lowest BCUT2D eigenvalue weighted by Gasteiger charge is -2.16. The molecule has 0 bridgehead atoms. The van der Waals surface area contributed by atoms with Crippen LogP contribution in [0.3, 0.4) is 0 Å². The van der Waals surface area contributed by atoms with Gasteiger partial charge in [-0.05, 0) is 61.5 Å². The van der Waals surface area contributed by atoms with Gasteiger partial charge >= 0.3 is 6.03 Å². The Morgan fingerprint density at radius 2 is 1.67 bits per heavy atom. The third kappa shape index (κ3) is 3.91. The predicted molar refractivity (Wildman–Crippen MR) is 116 cm³/mol. The summed E-state index contributed by atoms with van der Waals surface area (Å²) in [5.74, 6) is 1.55. The average Bonchev–Trinajstić information content (AvgIpc) is 2.85. The van der Waals surface area contributed by atoms with Crippen LogP contribution in [0, 0.1) is 0 Å². The Kier molecular flexibility index (Phi) is 5.26. The number of para-hydroxylation sites is 2. The summed E-state index contributed by atoms with van der Waals surface area (Å²) in [5, 5.41) is 5.50. The van der Waals surface area contributed by atoms with Gasteiger partial charge < -0.3 is 25.0 Å². The number of amides is 3. The second-order valence-electron chi connectivity index (χ2n) is 6.68. The molecule has 0 radical (unpaired) electrons. The van der Waals surface area contributed by atoms with Crippen LogP contribution < -0.4 is 25.0 Å². The van der Waals surface area contributed by atoms with Gasteiger partial charge in [0, 0.05) is 18.4 Å². The summed E-state index contributed by atoms with van der Waals surface area (Å²) in [6.45, 7) is 2.49. The summed E-state index contributed by atoms with van der Waals surface area (Å²) in [7, 11) is 1.69. The van der Waals surface area contributed by atoms with Crippen LogP contribution in [0.1, 0.15) is 17.3 Å². The van der Waals surface area contributed by atoms with E-state index in [9.17, 15) is 9.59 Å². The van der Waals surface area contributed by atoms with E-state index in [4.69, 9.17) is 9.47 Å². The molecule has 1 heterocycles. The van der Waals surface area contributed by atoms with Gasteiger partial charge in [0.05, 0.1) is 17.9 Å². The van der Waals surface area contributed by atoms with Crippen molar-refractivity contribution in [2.75, 3.05) is 29.2 Å². The molecule has 1 aliphatic heterocycles. The molecular formula is C23H21N3O4. The van der Waals surface area contributed by atoms with Crippen molar-refractivity contribution in [2.24, 2.45) is 0 Å². The zero-order valence-electron chi connectivity index (χ0n) is 16.6. The molecule has 0 spiro atoms. The molecule has 152 valence electrons. The number of anilines is 3. The molecule has 3 aromatic carbocycles. The molecule has 7 nitrogen and oxygen atoms in total. The minimum absolute atomic E-state index is 0.217. The molecule has 0 fully saturated rings. The number of rotatable bonds is 4. The third-order valence-corrected chi connectivity index (χ3v) is 4.64. The fourth-order valence-corrected chi connectivity index (χ4v) is 3.19. The highest BCUT2D eigenvalue weighted by Crippen LogP contribution is 2.38. The second kappa shape index (κ2) is 8.16. The first-order valence-corrected chi connectivity index (χ1v) is 9.55. The molecule has 0 unspecified atom stereocenters. The van der Waals surface area contributed by atoms with Gasteiger partial charge in [-0.2, -0.15) is 0 Å². The quantitative estimate of drug-likeness (QED) is 0.634. The normalized spacial score (nSPS) is 12.2. The van der Waals surface area contributed by atoms with E-state index in [0.717, 1.165) is 5.75 Å². The van der Waals surface area contributed by atoms with E-state index in [0.29, 0.717) is 40.7 Å². The van der Waals surface area contributed by atoms with Crippen LogP contribution in [-0.2, 0) is 0 Å². The van der Waals surface area contributed by atoms with Gasteiger partial charge in [0.15, 0.2) is 5.75 Å². The Hall–Kier alpha value is -4.00. The van der Waals surface area contributed by atoms with Crippen LogP contribution in [0.25, 0.3) is 0 Å². The topological polar surface area (TPSA) is 79.9 Å². The molecule has 3 aromatic rings. The first-order valence-electron chi connectivity index (χ1n) is 9.55. The molecule has 2 N–H and O–H groups in total. The Labute approximate surface area is 174 Å². The number of nitrogens with one attached hydrogen (secondary N) is 2. The number of fused-ring (bicyclic) bond motifs is 2. The maximum Gasteiger partial charge on any atom is 0.323 e. The number of urea groups is 1. The van der Waals surface area contributed by atoms with Crippen LogP contribution in [0.2, 0.25) is 0 Å². The van der Waals surface area contributed by atoms with Crippen LogP contribution >= 0.6 is 0 Å². The van der Waals surface area contributed by atoms with Gasteiger partial charge in [-0.15, -0.1) is 0 Å². The molecule has 0 atom stereocenters. The fourth-order valence-electron chi connectivity index (χ4n) is 3.19. The molecule has 30 heavy (non-hydrogen) atoms. The van der Waals surface area contributed by atoms with E-state index >= 15 is 0 Å². The first-order chi connectivity index (χ1) is 14.5. The first kappa shape index (κ1) is 19.3. The third-order valence-electron chi connectivity index (χ3n) is 4.64. The summed E-state index contributed by atoms with van der Waals surface area (Å²) in [6.07, 6.45) is 0. The zero-order valence-corrected chi connectivity index (χ0v) is 16.6. The summed E-state index contributed by atoms with van der Waals surface area (Å²) in [6, 6.07) is 19.0. The molecule has 1 aliphatic rings. The van der Waals surface area contributed by atoms with Crippen molar-refractivity contribution in [3.63, 3.8) is 0 Å². The highest BCUT2D eigenvalue weighted by Gasteiger charge is 2.25. The van der Waals surface area contributed by atoms with Gasteiger partial charge in [0.25, 0.3) is 5.91 Å². The highest BCUT2D eigenvalue weighted by atomic mass is 16.5. The molecule has 0 saturated heterocycles. The van der Waals surface area contributed by atoms with Gasteiger partial charge in [0.1, 0.15) is 11.5 Å². The van der Waals surface area contributed by atoms with E-state index in [2.05, 4.69) is 10.6 Å². The van der Waals surface area contributed by atoms with Gasteiger partial charge in [-0.3, -0.25) is 4.79 Å². The lowest BCUT2D eigenvalue weighted by Crippen LogP contribution is -2.25. The van der Waals surface area contributed by atoms with Crippen molar-refractivity contribution in [1.82, 2.24) is 0 Å². The molecule has 0 aliphatic carbocycles. The standard InChI is InChI=1S/C23H21N3O4/c1-3-29-17-11-8-15(9-12-17)24-23(28)25-16-10-13-20-18(14-16)22(27)26(2)19-6-4-5-7-21(19)30-20/h4-14H,3H2,1-2H3,(H2,24,25,28). The number of ether oxygens (including phenoxy) is 2. The zero-order chi connectivity index (χ0) is 21.1. The molecule has 7 heteroatoms. The number of hydrogen-bond acceptors (Lipinski definition) is 4. The number of carbonyl (C=O) groups excluding carboxylic acids is 2. The number of benzene rings is 3. The van der Waals surface area contributed by atoms with E-state index < -0.39 is 6.03 Å². The monoisotopic (exact) mass is 403 g/mol. The van der Waals surface area contributed by atoms with Crippen LogP contribution in [0.15, 0.2) is 66.7 Å². The summed E-state index contributed by atoms with van der Waals surface area (Å²) in [5.41, 5.74) is 2.16. The fraction of sp³-hybridized carbons (Fsp3) is 0.130. The number of hydrogen-bond donors (Lipinski definition) is 2. The second-order valence-corrected chi connectivity index (χ2v) is 6.68. The largest absolute Gasteiger partial charge is 0.494 e. The summed E-state index contributed by atoms with van der Waals surface area (Å²) in [4.78, 5) is 26.8. The lowest BCUT2D eigenvalue weighted by atomic mass is 10.1. The Bertz CT molecular complexity index is 1100. The average molecular weight is 403 g/mol. The van der Waals surface area contributed by atoms with E-state index in [-0.39, 0.29) is 5.91 Å².